The summed E-state index contributed by atoms with van der Waals surface area (Å²) in [5.41, 5.74) is 0.715. The van der Waals surface area contributed by atoms with Crippen LogP contribution in [-0.2, 0) is 10.4 Å². The Hall–Kier alpha value is -1.31. The van der Waals surface area contributed by atoms with Crippen molar-refractivity contribution in [3.63, 3.8) is 0 Å². The van der Waals surface area contributed by atoms with Gasteiger partial charge >= 0.3 is 10.4 Å². The van der Waals surface area contributed by atoms with Crippen LogP contribution in [-0.4, -0.2) is 31.2 Å². The molecule has 1 rings (SSSR count). The summed E-state index contributed by atoms with van der Waals surface area (Å²) in [6, 6.07) is 5.90. The van der Waals surface area contributed by atoms with Crippen molar-refractivity contribution in [2.24, 2.45) is 0 Å². The van der Waals surface area contributed by atoms with Crippen LogP contribution in [0.15, 0.2) is 24.3 Å². The van der Waals surface area contributed by atoms with E-state index in [1.54, 1.807) is 12.1 Å². The molecular weight excluding hydrogens is 222 g/mol. The van der Waals surface area contributed by atoms with E-state index in [4.69, 9.17) is 9.66 Å². The first kappa shape index (κ1) is 11.8. The van der Waals surface area contributed by atoms with E-state index in [1.165, 1.54) is 12.1 Å². The van der Waals surface area contributed by atoms with E-state index in [1.807, 2.05) is 0 Å². The number of nitrogens with one attached hydrogen (secondary N) is 1. The maximum atomic E-state index is 10.3. The van der Waals surface area contributed by atoms with Gasteiger partial charge in [-0.25, -0.2) is 0 Å². The Morgan fingerprint density at radius 1 is 1.27 bits per heavy atom. The van der Waals surface area contributed by atoms with Gasteiger partial charge in [-0.3, -0.25) is 4.55 Å². The topological polar surface area (TPSA) is 95.9 Å². The predicted octanol–water partition coefficient (Wildman–Crippen LogP) is 0.272. The monoisotopic (exact) mass is 233 g/mol. The maximum Gasteiger partial charge on any atom is 0.446 e. The fourth-order valence-electron chi connectivity index (χ4n) is 0.950. The van der Waals surface area contributed by atoms with Gasteiger partial charge in [-0.2, -0.15) is 8.42 Å². The largest absolute Gasteiger partial charge is 0.446 e. The molecule has 0 heterocycles. The first-order valence-electron chi connectivity index (χ1n) is 4.13. The van der Waals surface area contributed by atoms with Crippen LogP contribution in [0, 0.1) is 0 Å². The lowest BCUT2D eigenvalue weighted by atomic mass is 10.3. The van der Waals surface area contributed by atoms with Crippen molar-refractivity contribution in [1.29, 1.82) is 0 Å². The summed E-state index contributed by atoms with van der Waals surface area (Å²) in [6.07, 6.45) is 0. The van der Waals surface area contributed by atoms with E-state index in [-0.39, 0.29) is 12.4 Å². The molecule has 0 radical (unpaired) electrons. The summed E-state index contributed by atoms with van der Waals surface area (Å²) < 4.78 is 33.3. The van der Waals surface area contributed by atoms with Crippen molar-refractivity contribution in [3.05, 3.63) is 24.3 Å². The molecule has 1 aromatic rings. The average Bonchev–Trinajstić information content (AvgIpc) is 2.14. The van der Waals surface area contributed by atoms with Crippen LogP contribution in [0.1, 0.15) is 0 Å². The Morgan fingerprint density at radius 3 is 2.33 bits per heavy atom. The molecule has 0 saturated carbocycles. The smallest absolute Gasteiger partial charge is 0.395 e. The quantitative estimate of drug-likeness (QED) is 0.632. The van der Waals surface area contributed by atoms with Crippen molar-refractivity contribution >= 4 is 16.1 Å². The van der Waals surface area contributed by atoms with Crippen LogP contribution in [0.5, 0.6) is 5.75 Å². The van der Waals surface area contributed by atoms with Gasteiger partial charge in [0, 0.05) is 12.2 Å². The molecule has 3 N–H and O–H groups in total. The third-order valence-electron chi connectivity index (χ3n) is 1.50. The number of hydrogen-bond acceptors (Lipinski definition) is 5. The van der Waals surface area contributed by atoms with Crippen molar-refractivity contribution < 1.29 is 22.3 Å². The fraction of sp³-hybridized carbons (Fsp3) is 0.250. The zero-order valence-corrected chi connectivity index (χ0v) is 8.57. The molecule has 0 saturated heterocycles. The highest BCUT2D eigenvalue weighted by molar-refractivity contribution is 7.81. The molecule has 0 bridgehead atoms. The molecule has 0 fully saturated rings. The summed E-state index contributed by atoms with van der Waals surface area (Å²) in [6.45, 7) is 0.405. The van der Waals surface area contributed by atoms with Gasteiger partial charge in [0.05, 0.1) is 6.61 Å². The molecule has 84 valence electrons. The van der Waals surface area contributed by atoms with Crippen molar-refractivity contribution in [2.75, 3.05) is 18.5 Å². The standard InChI is InChI=1S/C8H11NO5S/c10-6-5-9-7-1-3-8(4-2-7)14-15(11,12)13/h1-4,9-10H,5-6H2,(H,11,12,13). The van der Waals surface area contributed by atoms with E-state index in [2.05, 4.69) is 9.50 Å². The predicted molar refractivity (Wildman–Crippen MR) is 54.2 cm³/mol. The van der Waals surface area contributed by atoms with Crippen LogP contribution >= 0.6 is 0 Å². The Morgan fingerprint density at radius 2 is 1.87 bits per heavy atom. The Labute approximate surface area is 87.5 Å². The molecule has 0 aliphatic rings. The minimum absolute atomic E-state index is 0.00324. The molecular formula is C8H11NO5S. The SMILES string of the molecule is O=S(=O)(O)Oc1ccc(NCCO)cc1. The molecule has 6 nitrogen and oxygen atoms in total. The summed E-state index contributed by atoms with van der Waals surface area (Å²) in [5, 5.41) is 11.4. The van der Waals surface area contributed by atoms with Gasteiger partial charge in [0.2, 0.25) is 0 Å². The molecule has 0 aliphatic heterocycles. The lowest BCUT2D eigenvalue weighted by molar-refractivity contribution is 0.311. The summed E-state index contributed by atoms with van der Waals surface area (Å²) in [4.78, 5) is 0. The minimum Gasteiger partial charge on any atom is -0.395 e. The first-order chi connectivity index (χ1) is 7.01. The third kappa shape index (κ3) is 4.63. The second-order valence-electron chi connectivity index (χ2n) is 2.69. The number of anilines is 1. The van der Waals surface area contributed by atoms with Crippen molar-refractivity contribution in [2.45, 2.75) is 0 Å². The molecule has 0 amide bonds. The van der Waals surface area contributed by atoms with Gasteiger partial charge in [0.1, 0.15) is 5.75 Å². The Kier molecular flexibility index (Phi) is 3.89. The number of benzene rings is 1. The van der Waals surface area contributed by atoms with Gasteiger partial charge in [0.25, 0.3) is 0 Å². The third-order valence-corrected chi connectivity index (χ3v) is 1.90. The molecule has 0 unspecified atom stereocenters. The van der Waals surface area contributed by atoms with Crippen LogP contribution in [0.3, 0.4) is 0 Å². The molecule has 0 atom stereocenters. The normalized spacial score (nSPS) is 11.1. The van der Waals surface area contributed by atoms with E-state index in [0.717, 1.165) is 0 Å². The van der Waals surface area contributed by atoms with Crippen molar-refractivity contribution in [3.8, 4) is 5.75 Å². The molecule has 0 aliphatic carbocycles. The molecule has 15 heavy (non-hydrogen) atoms. The second-order valence-corrected chi connectivity index (χ2v) is 3.71. The Bertz CT molecular complexity index is 400. The van der Waals surface area contributed by atoms with E-state index < -0.39 is 10.4 Å². The van der Waals surface area contributed by atoms with Gasteiger partial charge in [-0.05, 0) is 24.3 Å². The van der Waals surface area contributed by atoms with E-state index >= 15 is 0 Å². The lowest BCUT2D eigenvalue weighted by Crippen LogP contribution is -2.07. The number of rotatable bonds is 5. The zero-order chi connectivity index (χ0) is 11.3. The summed E-state index contributed by atoms with van der Waals surface area (Å²) in [5.74, 6) is 0.0204. The maximum absolute atomic E-state index is 10.3. The van der Waals surface area contributed by atoms with Gasteiger partial charge in [-0.1, -0.05) is 0 Å². The zero-order valence-electron chi connectivity index (χ0n) is 7.75. The Balaban J connectivity index is 2.64. The highest BCUT2D eigenvalue weighted by atomic mass is 32.3. The molecule has 0 aromatic heterocycles. The van der Waals surface area contributed by atoms with Crippen LogP contribution in [0.4, 0.5) is 5.69 Å². The van der Waals surface area contributed by atoms with E-state index in [9.17, 15) is 8.42 Å². The van der Waals surface area contributed by atoms with Gasteiger partial charge in [0.15, 0.2) is 0 Å². The highest BCUT2D eigenvalue weighted by Gasteiger charge is 2.05. The van der Waals surface area contributed by atoms with E-state index in [0.29, 0.717) is 12.2 Å². The number of aliphatic hydroxyl groups is 1. The molecule has 1 aromatic carbocycles. The van der Waals surface area contributed by atoms with Gasteiger partial charge < -0.3 is 14.6 Å². The summed E-state index contributed by atoms with van der Waals surface area (Å²) >= 11 is 0. The van der Waals surface area contributed by atoms with Crippen molar-refractivity contribution in [1.82, 2.24) is 0 Å². The second kappa shape index (κ2) is 4.96. The number of hydrogen-bond donors (Lipinski definition) is 3. The van der Waals surface area contributed by atoms with Crippen LogP contribution < -0.4 is 9.50 Å². The molecule has 7 heteroatoms. The number of aliphatic hydroxyl groups excluding tert-OH is 1. The van der Waals surface area contributed by atoms with Gasteiger partial charge in [-0.15, -0.1) is 0 Å². The highest BCUT2D eigenvalue weighted by Crippen LogP contribution is 2.16. The first-order valence-corrected chi connectivity index (χ1v) is 5.49. The average molecular weight is 233 g/mol. The van der Waals surface area contributed by atoms with Crippen LogP contribution in [0.2, 0.25) is 0 Å². The van der Waals surface area contributed by atoms with Crippen LogP contribution in [0.25, 0.3) is 0 Å². The lowest BCUT2D eigenvalue weighted by Gasteiger charge is -2.05. The fourth-order valence-corrected chi connectivity index (χ4v) is 1.30. The summed E-state index contributed by atoms with van der Waals surface area (Å²) in [7, 11) is -4.47. The minimum atomic E-state index is -4.47. The molecule has 0 spiro atoms.